The maximum atomic E-state index is 13.8. The Labute approximate surface area is 226 Å². The van der Waals surface area contributed by atoms with E-state index in [1.54, 1.807) is 17.7 Å². The van der Waals surface area contributed by atoms with E-state index in [1.165, 1.54) is 0 Å². The van der Waals surface area contributed by atoms with Crippen LogP contribution in [0.25, 0.3) is 16.6 Å². The van der Waals surface area contributed by atoms with Gasteiger partial charge in [-0.25, -0.2) is 4.98 Å². The van der Waals surface area contributed by atoms with Gasteiger partial charge in [0.05, 0.1) is 29.7 Å². The van der Waals surface area contributed by atoms with Crippen molar-refractivity contribution in [2.24, 2.45) is 0 Å². The lowest BCUT2D eigenvalue weighted by atomic mass is 10.1. The Bertz CT molecular complexity index is 1420. The number of carbonyl (C=O) groups excluding carboxylic acids is 1. The van der Waals surface area contributed by atoms with Crippen LogP contribution in [-0.4, -0.2) is 34.0 Å². The van der Waals surface area contributed by atoms with Crippen LogP contribution in [0.3, 0.4) is 0 Å². The second-order valence-electron chi connectivity index (χ2n) is 9.07. The highest BCUT2D eigenvalue weighted by Gasteiger charge is 2.27. The molecule has 4 rings (SSSR count). The van der Waals surface area contributed by atoms with E-state index in [0.717, 1.165) is 30.2 Å². The lowest BCUT2D eigenvalue weighted by Gasteiger charge is -2.31. The van der Waals surface area contributed by atoms with E-state index in [2.05, 4.69) is 22.9 Å². The third-order valence-electron chi connectivity index (χ3n) is 6.58. The normalized spacial score (nSPS) is 11.9. The quantitative estimate of drug-likeness (QED) is 0.197. The third kappa shape index (κ3) is 5.93. The molecule has 1 aromatic heterocycles. The van der Waals surface area contributed by atoms with Gasteiger partial charge in [0.1, 0.15) is 11.6 Å². The number of hydrogen-bond donors (Lipinski definition) is 0. The monoisotopic (exact) mass is 561 g/mol. The lowest BCUT2D eigenvalue weighted by molar-refractivity contribution is 0.0677. The van der Waals surface area contributed by atoms with E-state index in [-0.39, 0.29) is 11.5 Å². The molecule has 37 heavy (non-hydrogen) atoms. The summed E-state index contributed by atoms with van der Waals surface area (Å²) in [7, 11) is 1.61. The number of methoxy groups -OCH3 is 1. The van der Waals surface area contributed by atoms with Crippen LogP contribution in [0, 0.1) is 0 Å². The number of ether oxygens (including phenoxy) is 1. The van der Waals surface area contributed by atoms with Gasteiger partial charge < -0.3 is 9.64 Å². The molecule has 0 radical (unpaired) electrons. The zero-order valence-corrected chi connectivity index (χ0v) is 23.1. The fraction of sp³-hybridized carbons (Fsp3) is 0.300. The first-order chi connectivity index (χ1) is 17.9. The van der Waals surface area contributed by atoms with Crippen LogP contribution >= 0.6 is 15.9 Å². The van der Waals surface area contributed by atoms with Gasteiger partial charge in [-0.1, -0.05) is 54.2 Å². The number of unbranched alkanes of at least 4 members (excludes halogenated alkanes) is 3. The third-order valence-corrected chi connectivity index (χ3v) is 7.11. The van der Waals surface area contributed by atoms with Crippen molar-refractivity contribution in [2.75, 3.05) is 13.7 Å². The second-order valence-corrected chi connectivity index (χ2v) is 9.98. The van der Waals surface area contributed by atoms with Crippen molar-refractivity contribution in [1.82, 2.24) is 14.5 Å². The number of carbonyl (C=O) groups is 1. The maximum Gasteiger partial charge on any atom is 0.266 e. The van der Waals surface area contributed by atoms with Crippen LogP contribution in [-0.2, 0) is 0 Å². The minimum atomic E-state index is -0.447. The molecule has 1 amide bonds. The Hall–Kier alpha value is -3.45. The van der Waals surface area contributed by atoms with Crippen LogP contribution in [0.2, 0.25) is 0 Å². The first kappa shape index (κ1) is 26.6. The molecule has 7 heteroatoms. The standard InChI is InChI=1S/C30H32BrN3O3/c1-4-5-6-9-20-33(29(35)22-12-14-23(31)15-13-22)21(2)28-32-27-11-8-7-10-26(27)30(36)34(28)24-16-18-25(37-3)19-17-24/h7-8,10-19,21H,4-6,9,20H2,1-3H3. The fourth-order valence-electron chi connectivity index (χ4n) is 4.49. The lowest BCUT2D eigenvalue weighted by Crippen LogP contribution is -2.38. The van der Waals surface area contributed by atoms with Crippen LogP contribution in [0.15, 0.2) is 82.1 Å². The molecule has 192 valence electrons. The van der Waals surface area contributed by atoms with Crippen molar-refractivity contribution in [3.05, 3.63) is 99.0 Å². The van der Waals surface area contributed by atoms with Crippen LogP contribution in [0.4, 0.5) is 0 Å². The van der Waals surface area contributed by atoms with Crippen molar-refractivity contribution in [2.45, 2.75) is 45.6 Å². The molecule has 1 unspecified atom stereocenters. The van der Waals surface area contributed by atoms with Crippen LogP contribution in [0.5, 0.6) is 5.75 Å². The van der Waals surface area contributed by atoms with Crippen LogP contribution < -0.4 is 10.3 Å². The Balaban J connectivity index is 1.84. The van der Waals surface area contributed by atoms with Crippen molar-refractivity contribution in [1.29, 1.82) is 0 Å². The van der Waals surface area contributed by atoms with E-state index in [0.29, 0.717) is 40.3 Å². The predicted octanol–water partition coefficient (Wildman–Crippen LogP) is 6.94. The van der Waals surface area contributed by atoms with Gasteiger partial charge in [-0.2, -0.15) is 0 Å². The highest BCUT2D eigenvalue weighted by molar-refractivity contribution is 9.10. The van der Waals surface area contributed by atoms with E-state index in [9.17, 15) is 9.59 Å². The van der Waals surface area contributed by atoms with Gasteiger partial charge in [0.2, 0.25) is 0 Å². The molecule has 0 saturated carbocycles. The maximum absolute atomic E-state index is 13.8. The van der Waals surface area contributed by atoms with E-state index < -0.39 is 6.04 Å². The summed E-state index contributed by atoms with van der Waals surface area (Å²) in [6, 6.07) is 21.6. The molecule has 0 fully saturated rings. The van der Waals surface area contributed by atoms with E-state index in [4.69, 9.17) is 9.72 Å². The number of halogens is 1. The number of amides is 1. The number of nitrogens with zero attached hydrogens (tertiary/aromatic N) is 3. The molecule has 0 aliphatic carbocycles. The molecule has 0 bridgehead atoms. The van der Waals surface area contributed by atoms with Gasteiger partial charge in [-0.3, -0.25) is 14.2 Å². The molecule has 3 aromatic carbocycles. The zero-order valence-electron chi connectivity index (χ0n) is 21.5. The molecule has 0 N–H and O–H groups in total. The summed E-state index contributed by atoms with van der Waals surface area (Å²) < 4.78 is 7.85. The molecule has 0 aliphatic heterocycles. The van der Waals surface area contributed by atoms with E-state index in [1.807, 2.05) is 78.6 Å². The molecular weight excluding hydrogens is 530 g/mol. The fourth-order valence-corrected chi connectivity index (χ4v) is 4.75. The number of para-hydroxylation sites is 1. The van der Waals surface area contributed by atoms with Gasteiger partial charge in [0, 0.05) is 16.6 Å². The van der Waals surface area contributed by atoms with Crippen molar-refractivity contribution in [3.63, 3.8) is 0 Å². The summed E-state index contributed by atoms with van der Waals surface area (Å²) in [4.78, 5) is 34.4. The first-order valence-electron chi connectivity index (χ1n) is 12.7. The summed E-state index contributed by atoms with van der Waals surface area (Å²) in [5, 5.41) is 0.531. The highest BCUT2D eigenvalue weighted by Crippen LogP contribution is 2.26. The molecule has 1 heterocycles. The number of rotatable bonds is 10. The van der Waals surface area contributed by atoms with E-state index >= 15 is 0 Å². The molecule has 0 aliphatic rings. The topological polar surface area (TPSA) is 64.4 Å². The van der Waals surface area contributed by atoms with Crippen molar-refractivity contribution in [3.8, 4) is 11.4 Å². The molecule has 6 nitrogen and oxygen atoms in total. The molecule has 0 saturated heterocycles. The van der Waals surface area contributed by atoms with Gasteiger partial charge in [0.15, 0.2) is 0 Å². The largest absolute Gasteiger partial charge is 0.497 e. The van der Waals surface area contributed by atoms with Gasteiger partial charge in [-0.15, -0.1) is 0 Å². The Morgan fingerprint density at radius 3 is 2.38 bits per heavy atom. The minimum absolute atomic E-state index is 0.0832. The first-order valence-corrected chi connectivity index (χ1v) is 13.5. The van der Waals surface area contributed by atoms with Gasteiger partial charge in [-0.05, 0) is 74.0 Å². The average Bonchev–Trinajstić information content (AvgIpc) is 2.93. The average molecular weight is 563 g/mol. The Kier molecular flexibility index (Phi) is 8.77. The smallest absolute Gasteiger partial charge is 0.266 e. The molecule has 0 spiro atoms. The summed E-state index contributed by atoms with van der Waals surface area (Å²) in [6.07, 6.45) is 4.13. The van der Waals surface area contributed by atoms with Gasteiger partial charge in [0.25, 0.3) is 11.5 Å². The van der Waals surface area contributed by atoms with Crippen molar-refractivity contribution < 1.29 is 9.53 Å². The summed E-state index contributed by atoms with van der Waals surface area (Å²) >= 11 is 3.45. The number of hydrogen-bond acceptors (Lipinski definition) is 4. The van der Waals surface area contributed by atoms with Gasteiger partial charge >= 0.3 is 0 Å². The summed E-state index contributed by atoms with van der Waals surface area (Å²) in [5.74, 6) is 1.14. The minimum Gasteiger partial charge on any atom is -0.497 e. The summed E-state index contributed by atoms with van der Waals surface area (Å²) in [6.45, 7) is 4.69. The highest BCUT2D eigenvalue weighted by atomic mass is 79.9. The molecule has 4 aromatic rings. The Morgan fingerprint density at radius 1 is 1.00 bits per heavy atom. The molecular formula is C30H32BrN3O3. The predicted molar refractivity (Wildman–Crippen MR) is 152 cm³/mol. The van der Waals surface area contributed by atoms with Crippen LogP contribution in [0.1, 0.15) is 61.8 Å². The zero-order chi connectivity index (χ0) is 26.4. The number of benzene rings is 3. The Morgan fingerprint density at radius 2 is 1.70 bits per heavy atom. The molecule has 1 atom stereocenters. The second kappa shape index (κ2) is 12.2. The summed E-state index contributed by atoms with van der Waals surface area (Å²) in [5.41, 5.74) is 1.72. The SMILES string of the molecule is CCCCCCN(C(=O)c1ccc(Br)cc1)C(C)c1nc2ccccc2c(=O)n1-c1ccc(OC)cc1. The number of fused-ring (bicyclic) bond motifs is 1. The van der Waals surface area contributed by atoms with Crippen molar-refractivity contribution >= 4 is 32.7 Å². The number of aromatic nitrogens is 2.